The summed E-state index contributed by atoms with van der Waals surface area (Å²) in [5, 5.41) is 5.35. The Labute approximate surface area is 276 Å². The number of fused-ring (bicyclic) bond motifs is 7. The minimum atomic E-state index is 0.608. The average molecular weight is 639 g/mol. The van der Waals surface area contributed by atoms with Crippen LogP contribution in [0.2, 0.25) is 0 Å². The van der Waals surface area contributed by atoms with Gasteiger partial charge in [-0.1, -0.05) is 103 Å². The number of para-hydroxylation sites is 1. The Balaban J connectivity index is 1.23. The Morgan fingerprint density at radius 1 is 0.426 bits per heavy atom. The van der Waals surface area contributed by atoms with E-state index in [9.17, 15) is 0 Å². The second kappa shape index (κ2) is 10.4. The van der Waals surface area contributed by atoms with E-state index in [0.717, 1.165) is 65.5 Å². The van der Waals surface area contributed by atoms with Crippen LogP contribution in [0.3, 0.4) is 0 Å². The Hall–Kier alpha value is -5.76. The predicted molar refractivity (Wildman–Crippen MR) is 195 cm³/mol. The van der Waals surface area contributed by atoms with Gasteiger partial charge in [0.15, 0.2) is 17.5 Å². The molecule has 7 heteroatoms. The fourth-order valence-electron chi connectivity index (χ4n) is 6.43. The van der Waals surface area contributed by atoms with E-state index in [-0.39, 0.29) is 0 Å². The van der Waals surface area contributed by atoms with Crippen LogP contribution in [-0.2, 0) is 0 Å². The normalized spacial score (nSPS) is 11.8. The first-order chi connectivity index (χ1) is 23.3. The zero-order chi connectivity index (χ0) is 30.9. The number of thiazole rings is 1. The van der Waals surface area contributed by atoms with Crippen molar-refractivity contribution in [1.29, 1.82) is 0 Å². The first-order valence-electron chi connectivity index (χ1n) is 15.3. The van der Waals surface area contributed by atoms with Gasteiger partial charge in [-0.2, -0.15) is 0 Å². The molecule has 0 aliphatic heterocycles. The maximum Gasteiger partial charge on any atom is 0.164 e. The summed E-state index contributed by atoms with van der Waals surface area (Å²) in [6.45, 7) is 0. The van der Waals surface area contributed by atoms with Gasteiger partial charge in [-0.3, -0.25) is 0 Å². The smallest absolute Gasteiger partial charge is 0.164 e. The van der Waals surface area contributed by atoms with Gasteiger partial charge >= 0.3 is 0 Å². The summed E-state index contributed by atoms with van der Waals surface area (Å²) in [5.74, 6) is 1.87. The first-order valence-corrected chi connectivity index (χ1v) is 16.9. The van der Waals surface area contributed by atoms with Crippen LogP contribution in [0, 0.1) is 0 Å². The van der Waals surface area contributed by atoms with Gasteiger partial charge in [0.25, 0.3) is 0 Å². The topological polar surface area (TPSA) is 64.7 Å². The van der Waals surface area contributed by atoms with E-state index >= 15 is 0 Å². The maximum atomic E-state index is 6.23. The van der Waals surface area contributed by atoms with Gasteiger partial charge in [0.1, 0.15) is 16.2 Å². The third-order valence-corrected chi connectivity index (χ3v) is 10.8. The third kappa shape index (κ3) is 4.28. The number of thiophene rings is 1. The molecule has 0 aliphatic rings. The number of hydrogen-bond acceptors (Lipinski definition) is 7. The molecule has 0 saturated heterocycles. The summed E-state index contributed by atoms with van der Waals surface area (Å²) in [5.41, 5.74) is 6.59. The molecule has 0 fully saturated rings. The number of hydrogen-bond donors (Lipinski definition) is 0. The predicted octanol–water partition coefficient (Wildman–Crippen LogP) is 11.4. The van der Waals surface area contributed by atoms with Crippen molar-refractivity contribution >= 4 is 75.0 Å². The molecule has 0 saturated carbocycles. The molecule has 0 unspecified atom stereocenters. The molecule has 4 aromatic heterocycles. The summed E-state index contributed by atoms with van der Waals surface area (Å²) < 4.78 is 9.81. The molecule has 10 aromatic rings. The minimum absolute atomic E-state index is 0.608. The molecule has 0 atom stereocenters. The molecule has 10 rings (SSSR count). The van der Waals surface area contributed by atoms with Crippen molar-refractivity contribution in [2.45, 2.75) is 0 Å². The Kier molecular flexibility index (Phi) is 5.85. The monoisotopic (exact) mass is 638 g/mol. The van der Waals surface area contributed by atoms with Crippen molar-refractivity contribution in [2.24, 2.45) is 0 Å². The lowest BCUT2D eigenvalue weighted by molar-refractivity contribution is 0.669. The zero-order valence-corrected chi connectivity index (χ0v) is 26.3. The second-order valence-corrected chi connectivity index (χ2v) is 13.5. The zero-order valence-electron chi connectivity index (χ0n) is 24.7. The molecule has 0 aliphatic carbocycles. The van der Waals surface area contributed by atoms with Crippen LogP contribution >= 0.6 is 22.7 Å². The number of benzene rings is 6. The second-order valence-electron chi connectivity index (χ2n) is 11.4. The summed E-state index contributed by atoms with van der Waals surface area (Å²) in [7, 11) is 0. The van der Waals surface area contributed by atoms with E-state index in [0.29, 0.717) is 17.5 Å². The van der Waals surface area contributed by atoms with Crippen LogP contribution in [0.15, 0.2) is 138 Å². The Morgan fingerprint density at radius 3 is 1.89 bits per heavy atom. The molecule has 5 nitrogen and oxygen atoms in total. The molecule has 0 radical (unpaired) electrons. The number of rotatable bonds is 4. The highest BCUT2D eigenvalue weighted by Crippen LogP contribution is 2.43. The van der Waals surface area contributed by atoms with Crippen LogP contribution in [0.25, 0.3) is 97.1 Å². The fourth-order valence-corrected chi connectivity index (χ4v) is 8.65. The van der Waals surface area contributed by atoms with Crippen molar-refractivity contribution < 1.29 is 4.42 Å². The molecule has 0 amide bonds. The maximum absolute atomic E-state index is 6.23. The molecular weight excluding hydrogens is 617 g/mol. The van der Waals surface area contributed by atoms with Crippen LogP contribution in [0.5, 0.6) is 0 Å². The number of nitrogens with zero attached hydrogens (tertiary/aromatic N) is 4. The SMILES string of the molecule is c1ccc(-c2nc(-c3cccc4oc5ccccc5c34)nc(-c3cccc4sc5cc6sc(-c7ccccc7)nc6cc5c34)n2)cc1. The molecule has 220 valence electrons. The quantitative estimate of drug-likeness (QED) is 0.192. The van der Waals surface area contributed by atoms with Crippen molar-refractivity contribution in [3.05, 3.63) is 133 Å². The minimum Gasteiger partial charge on any atom is -0.456 e. The Bertz CT molecular complexity index is 2800. The first kappa shape index (κ1) is 26.5. The number of aromatic nitrogens is 4. The van der Waals surface area contributed by atoms with Gasteiger partial charge in [-0.25, -0.2) is 19.9 Å². The summed E-state index contributed by atoms with van der Waals surface area (Å²) in [6.07, 6.45) is 0. The standard InChI is InChI=1S/C40H22N4OS2/c1-3-11-23(12-4-1)37-42-38(26-16-9-19-31-35(26)25-15-7-8-18-30(25)45-31)44-39(43-37)27-17-10-20-32-36(27)28-21-29-34(22-33(28)46-32)47-40(41-29)24-13-5-2-6-14-24/h1-22H. The third-order valence-electron chi connectivity index (χ3n) is 8.58. The van der Waals surface area contributed by atoms with Gasteiger partial charge in [-0.05, 0) is 30.3 Å². The molecule has 0 bridgehead atoms. The van der Waals surface area contributed by atoms with Crippen molar-refractivity contribution in [1.82, 2.24) is 19.9 Å². The molecule has 0 N–H and O–H groups in total. The summed E-state index contributed by atoms with van der Waals surface area (Å²) in [4.78, 5) is 20.4. The van der Waals surface area contributed by atoms with Crippen molar-refractivity contribution in [2.75, 3.05) is 0 Å². The van der Waals surface area contributed by atoms with E-state index in [2.05, 4.69) is 66.7 Å². The lowest BCUT2D eigenvalue weighted by Gasteiger charge is -2.10. The van der Waals surface area contributed by atoms with Gasteiger partial charge < -0.3 is 4.42 Å². The number of furan rings is 1. The molecule has 4 heterocycles. The average Bonchev–Trinajstić information content (AvgIpc) is 3.84. The lowest BCUT2D eigenvalue weighted by Crippen LogP contribution is -2.00. The van der Waals surface area contributed by atoms with Crippen molar-refractivity contribution in [3.63, 3.8) is 0 Å². The highest BCUT2D eigenvalue weighted by molar-refractivity contribution is 7.26. The van der Waals surface area contributed by atoms with Gasteiger partial charge in [0.05, 0.1) is 10.2 Å². The van der Waals surface area contributed by atoms with Gasteiger partial charge in [0, 0.05) is 53.2 Å². The summed E-state index contributed by atoms with van der Waals surface area (Å²) >= 11 is 3.52. The van der Waals surface area contributed by atoms with Crippen LogP contribution < -0.4 is 0 Å². The van der Waals surface area contributed by atoms with E-state index in [1.54, 1.807) is 22.7 Å². The molecule has 47 heavy (non-hydrogen) atoms. The van der Waals surface area contributed by atoms with Gasteiger partial charge in [0.2, 0.25) is 0 Å². The lowest BCUT2D eigenvalue weighted by atomic mass is 10.0. The fraction of sp³-hybridized carbons (Fsp3) is 0. The summed E-state index contributed by atoms with van der Waals surface area (Å²) in [6, 6.07) is 45.6. The largest absolute Gasteiger partial charge is 0.456 e. The van der Waals surface area contributed by atoms with E-state index in [1.807, 2.05) is 66.7 Å². The Morgan fingerprint density at radius 2 is 1.09 bits per heavy atom. The molecule has 0 spiro atoms. The van der Waals surface area contributed by atoms with Crippen LogP contribution in [-0.4, -0.2) is 19.9 Å². The van der Waals surface area contributed by atoms with E-state index in [4.69, 9.17) is 24.4 Å². The van der Waals surface area contributed by atoms with Crippen molar-refractivity contribution in [3.8, 4) is 44.7 Å². The van der Waals surface area contributed by atoms with Crippen LogP contribution in [0.1, 0.15) is 0 Å². The van der Waals surface area contributed by atoms with E-state index < -0.39 is 0 Å². The highest BCUT2D eigenvalue weighted by atomic mass is 32.1. The van der Waals surface area contributed by atoms with E-state index in [1.165, 1.54) is 14.1 Å². The molecular formula is C40H22N4OS2. The molecule has 6 aromatic carbocycles. The highest BCUT2D eigenvalue weighted by Gasteiger charge is 2.20. The van der Waals surface area contributed by atoms with Crippen LogP contribution in [0.4, 0.5) is 0 Å². The van der Waals surface area contributed by atoms with Gasteiger partial charge in [-0.15, -0.1) is 22.7 Å².